The van der Waals surface area contributed by atoms with Crippen molar-refractivity contribution in [3.05, 3.63) is 54.4 Å². The highest BCUT2D eigenvalue weighted by atomic mass is 32.2. The summed E-state index contributed by atoms with van der Waals surface area (Å²) in [7, 11) is -3.21. The lowest BCUT2D eigenvalue weighted by atomic mass is 10.3. The molecule has 1 amide bonds. The van der Waals surface area contributed by atoms with Crippen molar-refractivity contribution < 1.29 is 22.7 Å². The van der Waals surface area contributed by atoms with Gasteiger partial charge in [-0.2, -0.15) is 0 Å². The van der Waals surface area contributed by atoms with E-state index in [2.05, 4.69) is 4.98 Å². The molecule has 156 valence electrons. The second-order valence-corrected chi connectivity index (χ2v) is 9.13. The molecule has 1 atom stereocenters. The lowest BCUT2D eigenvalue weighted by Crippen LogP contribution is -2.30. The second kappa shape index (κ2) is 9.84. The van der Waals surface area contributed by atoms with Crippen LogP contribution in [0.4, 0.5) is 0 Å². The number of sulfone groups is 1. The molecular weight excluding hydrogens is 392 g/mol. The van der Waals surface area contributed by atoms with Crippen molar-refractivity contribution in [1.29, 1.82) is 0 Å². The van der Waals surface area contributed by atoms with Gasteiger partial charge in [0.05, 0.1) is 24.2 Å². The number of likely N-dealkylation sites (tertiary alicyclic amines) is 1. The summed E-state index contributed by atoms with van der Waals surface area (Å²) in [6, 6.07) is 10.1. The maximum Gasteiger partial charge on any atom is 0.222 e. The zero-order chi connectivity index (χ0) is 20.7. The van der Waals surface area contributed by atoms with E-state index in [1.165, 1.54) is 18.4 Å². The highest BCUT2D eigenvalue weighted by molar-refractivity contribution is 7.90. The van der Waals surface area contributed by atoms with E-state index in [1.807, 2.05) is 17.0 Å². The monoisotopic (exact) mass is 418 g/mol. The molecule has 0 radical (unpaired) electrons. The van der Waals surface area contributed by atoms with Gasteiger partial charge in [-0.3, -0.25) is 9.78 Å². The third-order valence-electron chi connectivity index (χ3n) is 4.76. The molecule has 2 aromatic rings. The van der Waals surface area contributed by atoms with Crippen molar-refractivity contribution in [2.45, 2.75) is 36.9 Å². The van der Waals surface area contributed by atoms with E-state index in [-0.39, 0.29) is 16.9 Å². The first-order valence-corrected chi connectivity index (χ1v) is 11.5. The van der Waals surface area contributed by atoms with E-state index in [9.17, 15) is 13.2 Å². The van der Waals surface area contributed by atoms with Gasteiger partial charge in [-0.1, -0.05) is 6.07 Å². The van der Waals surface area contributed by atoms with E-state index in [4.69, 9.17) is 9.47 Å². The molecule has 0 unspecified atom stereocenters. The fourth-order valence-corrected chi connectivity index (χ4v) is 3.77. The number of carbonyl (C=O) groups is 1. The van der Waals surface area contributed by atoms with Crippen LogP contribution in [0.15, 0.2) is 53.7 Å². The molecule has 1 fully saturated rings. The number of nitrogens with zero attached hydrogens (tertiary/aromatic N) is 2. The Morgan fingerprint density at radius 3 is 2.72 bits per heavy atom. The van der Waals surface area contributed by atoms with Crippen molar-refractivity contribution in [2.24, 2.45) is 0 Å². The lowest BCUT2D eigenvalue weighted by molar-refractivity contribution is -0.130. The van der Waals surface area contributed by atoms with E-state index >= 15 is 0 Å². The Labute approximate surface area is 171 Å². The van der Waals surface area contributed by atoms with Crippen LogP contribution in [0.1, 0.15) is 24.8 Å². The van der Waals surface area contributed by atoms with E-state index in [0.717, 1.165) is 12.0 Å². The Kier molecular flexibility index (Phi) is 7.22. The van der Waals surface area contributed by atoms with Gasteiger partial charge in [-0.05, 0) is 48.7 Å². The normalized spacial score (nSPS) is 16.7. The molecule has 1 saturated heterocycles. The predicted octanol–water partition coefficient (Wildman–Crippen LogP) is 2.46. The number of hydrogen-bond acceptors (Lipinski definition) is 6. The molecule has 0 spiro atoms. The molecule has 0 N–H and O–H groups in total. The van der Waals surface area contributed by atoms with Crippen LogP contribution in [-0.4, -0.2) is 56.3 Å². The highest BCUT2D eigenvalue weighted by Gasteiger charge is 2.26. The van der Waals surface area contributed by atoms with E-state index < -0.39 is 9.84 Å². The topological polar surface area (TPSA) is 85.8 Å². The Morgan fingerprint density at radius 1 is 1.24 bits per heavy atom. The van der Waals surface area contributed by atoms with E-state index in [1.54, 1.807) is 24.5 Å². The minimum absolute atomic E-state index is 0.0590. The number of benzene rings is 1. The average molecular weight is 419 g/mol. The quantitative estimate of drug-likeness (QED) is 0.582. The van der Waals surface area contributed by atoms with Crippen LogP contribution in [0.2, 0.25) is 0 Å². The van der Waals surface area contributed by atoms with Crippen LogP contribution in [0.3, 0.4) is 0 Å². The molecule has 1 aromatic carbocycles. The Balaban J connectivity index is 1.33. The van der Waals surface area contributed by atoms with Gasteiger partial charge in [0.15, 0.2) is 9.84 Å². The zero-order valence-corrected chi connectivity index (χ0v) is 17.3. The van der Waals surface area contributed by atoms with Gasteiger partial charge in [-0.25, -0.2) is 8.42 Å². The summed E-state index contributed by atoms with van der Waals surface area (Å²) in [6.07, 6.45) is 6.60. The molecule has 29 heavy (non-hydrogen) atoms. The van der Waals surface area contributed by atoms with Gasteiger partial charge >= 0.3 is 0 Å². The summed E-state index contributed by atoms with van der Waals surface area (Å²) in [4.78, 5) is 18.5. The Bertz CT molecular complexity index is 900. The minimum atomic E-state index is -3.21. The molecule has 1 aliphatic rings. The molecule has 1 aromatic heterocycles. The Hall–Kier alpha value is -2.45. The number of rotatable bonds is 9. The van der Waals surface area contributed by atoms with Gasteiger partial charge in [0.1, 0.15) is 5.75 Å². The standard InChI is InChI=1S/C21H26N2O5S/c1-29(25,26)20-8-6-18(7-9-20)27-13-3-5-21(24)23-12-10-19(15-23)28-16-17-4-2-11-22-14-17/h2,4,6-9,11,14,19H,3,5,10,12-13,15-16H2,1H3/t19-/m1/s1. The smallest absolute Gasteiger partial charge is 0.222 e. The van der Waals surface area contributed by atoms with Crippen LogP contribution in [-0.2, 0) is 26.0 Å². The zero-order valence-electron chi connectivity index (χ0n) is 16.5. The molecule has 3 rings (SSSR count). The number of hydrogen-bond donors (Lipinski definition) is 0. The van der Waals surface area contributed by atoms with Crippen molar-refractivity contribution in [1.82, 2.24) is 9.88 Å². The number of carbonyl (C=O) groups excluding carboxylic acids is 1. The predicted molar refractivity (Wildman–Crippen MR) is 108 cm³/mol. The first kappa shape index (κ1) is 21.3. The van der Waals surface area contributed by atoms with Crippen LogP contribution >= 0.6 is 0 Å². The van der Waals surface area contributed by atoms with Crippen molar-refractivity contribution in [3.63, 3.8) is 0 Å². The largest absolute Gasteiger partial charge is 0.494 e. The number of pyridine rings is 1. The summed E-state index contributed by atoms with van der Waals surface area (Å²) in [5.74, 6) is 0.698. The van der Waals surface area contributed by atoms with Gasteiger partial charge in [-0.15, -0.1) is 0 Å². The third kappa shape index (κ3) is 6.54. The first-order valence-electron chi connectivity index (χ1n) is 9.63. The van der Waals surface area contributed by atoms with Gasteiger partial charge < -0.3 is 14.4 Å². The Morgan fingerprint density at radius 2 is 2.03 bits per heavy atom. The second-order valence-electron chi connectivity index (χ2n) is 7.12. The maximum atomic E-state index is 12.4. The van der Waals surface area contributed by atoms with Crippen molar-refractivity contribution in [2.75, 3.05) is 26.0 Å². The molecule has 2 heterocycles. The van der Waals surface area contributed by atoms with Crippen LogP contribution in [0, 0.1) is 0 Å². The minimum Gasteiger partial charge on any atom is -0.494 e. The summed E-state index contributed by atoms with van der Waals surface area (Å²) < 4.78 is 34.4. The van der Waals surface area contributed by atoms with E-state index in [0.29, 0.717) is 44.9 Å². The van der Waals surface area contributed by atoms with Gasteiger partial charge in [0.2, 0.25) is 5.91 Å². The summed E-state index contributed by atoms with van der Waals surface area (Å²) in [5.41, 5.74) is 1.03. The average Bonchev–Trinajstić information content (AvgIpc) is 3.19. The molecule has 0 aliphatic carbocycles. The fraction of sp³-hybridized carbons (Fsp3) is 0.429. The van der Waals surface area contributed by atoms with Crippen LogP contribution in [0.5, 0.6) is 5.75 Å². The maximum absolute atomic E-state index is 12.4. The molecule has 0 bridgehead atoms. The number of ether oxygens (including phenoxy) is 2. The molecule has 1 aliphatic heterocycles. The summed E-state index contributed by atoms with van der Waals surface area (Å²) in [6.45, 7) is 2.24. The van der Waals surface area contributed by atoms with Crippen LogP contribution in [0.25, 0.3) is 0 Å². The number of aromatic nitrogens is 1. The fourth-order valence-electron chi connectivity index (χ4n) is 3.14. The van der Waals surface area contributed by atoms with Crippen molar-refractivity contribution >= 4 is 15.7 Å². The molecule has 7 nitrogen and oxygen atoms in total. The summed E-state index contributed by atoms with van der Waals surface area (Å²) >= 11 is 0. The SMILES string of the molecule is CS(=O)(=O)c1ccc(OCCCC(=O)N2CC[C@@H](OCc3cccnc3)C2)cc1. The van der Waals surface area contributed by atoms with Gasteiger partial charge in [0, 0.05) is 38.2 Å². The first-order chi connectivity index (χ1) is 13.9. The summed E-state index contributed by atoms with van der Waals surface area (Å²) in [5, 5.41) is 0. The van der Waals surface area contributed by atoms with Gasteiger partial charge in [0.25, 0.3) is 0 Å². The van der Waals surface area contributed by atoms with Crippen molar-refractivity contribution in [3.8, 4) is 5.75 Å². The third-order valence-corrected chi connectivity index (χ3v) is 5.89. The molecular formula is C21H26N2O5S. The molecule has 8 heteroatoms. The number of amides is 1. The lowest BCUT2D eigenvalue weighted by Gasteiger charge is -2.17. The highest BCUT2D eigenvalue weighted by Crippen LogP contribution is 2.18. The van der Waals surface area contributed by atoms with Crippen LogP contribution < -0.4 is 4.74 Å². The molecule has 0 saturated carbocycles.